The number of aliphatic carboxylic acids is 1. The number of thiazole rings is 1. The Bertz CT molecular complexity index is 377. The predicted molar refractivity (Wildman–Crippen MR) is 69.4 cm³/mol. The van der Waals surface area contributed by atoms with Crippen LogP contribution in [0.1, 0.15) is 41.8 Å². The minimum Gasteiger partial charge on any atom is -0.480 e. The van der Waals surface area contributed by atoms with Crippen LogP contribution in [0, 0.1) is 13.8 Å². The van der Waals surface area contributed by atoms with Crippen molar-refractivity contribution >= 4 is 17.3 Å². The van der Waals surface area contributed by atoms with Crippen LogP contribution in [-0.2, 0) is 11.3 Å². The van der Waals surface area contributed by atoms with E-state index in [0.717, 1.165) is 28.4 Å². The molecule has 1 aromatic heterocycles. The molecule has 0 saturated heterocycles. The number of carboxylic acids is 1. The maximum atomic E-state index is 11.0. The fraction of sp³-hybridized carbons (Fsp3) is 0.667. The van der Waals surface area contributed by atoms with E-state index in [9.17, 15) is 4.79 Å². The third-order valence-electron chi connectivity index (χ3n) is 2.65. The number of hydrogen-bond acceptors (Lipinski definition) is 4. The van der Waals surface area contributed by atoms with E-state index in [2.05, 4.69) is 17.2 Å². The summed E-state index contributed by atoms with van der Waals surface area (Å²) >= 11 is 1.63. The largest absolute Gasteiger partial charge is 0.480 e. The zero-order valence-electron chi connectivity index (χ0n) is 10.6. The molecular formula is C12H20N2O2S. The van der Waals surface area contributed by atoms with Crippen molar-refractivity contribution in [2.24, 2.45) is 0 Å². The second-order valence-electron chi connectivity index (χ2n) is 4.16. The molecule has 0 fully saturated rings. The lowest BCUT2D eigenvalue weighted by atomic mass is 10.1. The van der Waals surface area contributed by atoms with Crippen LogP contribution in [-0.4, -0.2) is 22.1 Å². The van der Waals surface area contributed by atoms with Crippen molar-refractivity contribution in [3.8, 4) is 0 Å². The molecule has 0 bridgehead atoms. The Morgan fingerprint density at radius 1 is 1.53 bits per heavy atom. The Hall–Kier alpha value is -0.940. The number of nitrogens with zero attached hydrogens (tertiary/aromatic N) is 1. The van der Waals surface area contributed by atoms with Gasteiger partial charge in [-0.2, -0.15) is 0 Å². The van der Waals surface area contributed by atoms with Gasteiger partial charge in [0.15, 0.2) is 0 Å². The van der Waals surface area contributed by atoms with Gasteiger partial charge in [0, 0.05) is 11.4 Å². The molecule has 1 rings (SSSR count). The van der Waals surface area contributed by atoms with E-state index in [-0.39, 0.29) is 0 Å². The van der Waals surface area contributed by atoms with Gasteiger partial charge in [0.1, 0.15) is 6.04 Å². The summed E-state index contributed by atoms with van der Waals surface area (Å²) in [7, 11) is 0. The van der Waals surface area contributed by atoms with Crippen LogP contribution in [0.3, 0.4) is 0 Å². The lowest BCUT2D eigenvalue weighted by Crippen LogP contribution is -2.36. The molecule has 0 spiro atoms. The summed E-state index contributed by atoms with van der Waals surface area (Å²) in [5.41, 5.74) is 1.000. The Kier molecular flexibility index (Phi) is 5.58. The number of nitrogens with one attached hydrogen (secondary N) is 1. The molecule has 1 aromatic rings. The molecule has 2 N–H and O–H groups in total. The normalized spacial score (nSPS) is 12.6. The number of unbranched alkanes of at least 4 members (excludes halogenated alkanes) is 1. The third kappa shape index (κ3) is 4.44. The molecule has 1 atom stereocenters. The molecule has 0 aliphatic heterocycles. The summed E-state index contributed by atoms with van der Waals surface area (Å²) in [6, 6.07) is -0.447. The van der Waals surface area contributed by atoms with Crippen LogP contribution < -0.4 is 5.32 Å². The van der Waals surface area contributed by atoms with Gasteiger partial charge in [-0.1, -0.05) is 19.8 Å². The first-order valence-corrected chi connectivity index (χ1v) is 6.75. The lowest BCUT2D eigenvalue weighted by Gasteiger charge is -2.13. The van der Waals surface area contributed by atoms with Crippen molar-refractivity contribution in [3.05, 3.63) is 15.6 Å². The van der Waals surface area contributed by atoms with Crippen LogP contribution in [0.2, 0.25) is 0 Å². The first kappa shape index (κ1) is 14.1. The summed E-state index contributed by atoms with van der Waals surface area (Å²) in [5, 5.41) is 13.2. The van der Waals surface area contributed by atoms with Crippen molar-refractivity contribution in [3.63, 3.8) is 0 Å². The Morgan fingerprint density at radius 2 is 2.24 bits per heavy atom. The minimum absolute atomic E-state index is 0.447. The van der Waals surface area contributed by atoms with Crippen LogP contribution in [0.25, 0.3) is 0 Å². The van der Waals surface area contributed by atoms with E-state index in [0.29, 0.717) is 13.0 Å². The van der Waals surface area contributed by atoms with E-state index >= 15 is 0 Å². The van der Waals surface area contributed by atoms with Gasteiger partial charge in [0.2, 0.25) is 0 Å². The zero-order chi connectivity index (χ0) is 12.8. The fourth-order valence-electron chi connectivity index (χ4n) is 1.67. The summed E-state index contributed by atoms with van der Waals surface area (Å²) in [6.45, 7) is 6.59. The van der Waals surface area contributed by atoms with Gasteiger partial charge >= 0.3 is 5.97 Å². The zero-order valence-corrected chi connectivity index (χ0v) is 11.4. The van der Waals surface area contributed by atoms with E-state index in [1.54, 1.807) is 11.3 Å². The molecule has 1 heterocycles. The molecule has 0 amide bonds. The molecule has 0 aliphatic carbocycles. The standard InChI is InChI=1S/C12H20N2O2S/c1-4-5-6-10(12(15)16)13-7-11-8(2)14-9(3)17-11/h10,13H,4-7H2,1-3H3,(H,15,16)/t10-/m0/s1. The summed E-state index contributed by atoms with van der Waals surface area (Å²) in [4.78, 5) is 16.5. The van der Waals surface area contributed by atoms with Crippen LogP contribution in [0.4, 0.5) is 0 Å². The number of carboxylic acid groups (broad SMARTS) is 1. The number of carbonyl (C=O) groups is 1. The van der Waals surface area contributed by atoms with Gasteiger partial charge in [-0.25, -0.2) is 4.98 Å². The van der Waals surface area contributed by atoms with Crippen molar-refractivity contribution in [1.29, 1.82) is 0 Å². The number of aromatic nitrogens is 1. The van der Waals surface area contributed by atoms with Gasteiger partial charge in [0.05, 0.1) is 10.7 Å². The Balaban J connectivity index is 2.51. The highest BCUT2D eigenvalue weighted by Gasteiger charge is 2.16. The van der Waals surface area contributed by atoms with E-state index in [1.165, 1.54) is 0 Å². The van der Waals surface area contributed by atoms with Crippen molar-refractivity contribution < 1.29 is 9.90 Å². The predicted octanol–water partition coefficient (Wildman–Crippen LogP) is 2.49. The quantitative estimate of drug-likeness (QED) is 0.787. The Labute approximate surface area is 106 Å². The first-order valence-electron chi connectivity index (χ1n) is 5.93. The fourth-order valence-corrected chi connectivity index (χ4v) is 2.56. The highest BCUT2D eigenvalue weighted by atomic mass is 32.1. The summed E-state index contributed by atoms with van der Waals surface area (Å²) < 4.78 is 0. The average molecular weight is 256 g/mol. The van der Waals surface area contributed by atoms with Crippen molar-refractivity contribution in [2.75, 3.05) is 0 Å². The molecule has 0 aliphatic rings. The second-order valence-corrected chi connectivity index (χ2v) is 5.44. The highest BCUT2D eigenvalue weighted by Crippen LogP contribution is 2.17. The first-order chi connectivity index (χ1) is 8.04. The molecule has 4 nitrogen and oxygen atoms in total. The molecule has 17 heavy (non-hydrogen) atoms. The molecule has 0 unspecified atom stereocenters. The summed E-state index contributed by atoms with van der Waals surface area (Å²) in [6.07, 6.45) is 2.64. The maximum Gasteiger partial charge on any atom is 0.320 e. The SMILES string of the molecule is CCCC[C@H](NCc1sc(C)nc1C)C(=O)O. The second kappa shape index (κ2) is 6.71. The van der Waals surface area contributed by atoms with Gasteiger partial charge in [-0.15, -0.1) is 11.3 Å². The maximum absolute atomic E-state index is 11.0. The van der Waals surface area contributed by atoms with Gasteiger partial charge in [-0.3, -0.25) is 10.1 Å². The minimum atomic E-state index is -0.766. The molecular weight excluding hydrogens is 236 g/mol. The van der Waals surface area contributed by atoms with E-state index in [4.69, 9.17) is 5.11 Å². The van der Waals surface area contributed by atoms with Crippen molar-refractivity contribution in [1.82, 2.24) is 10.3 Å². The number of aryl methyl sites for hydroxylation is 2. The molecule has 5 heteroatoms. The topological polar surface area (TPSA) is 62.2 Å². The van der Waals surface area contributed by atoms with E-state index < -0.39 is 12.0 Å². The Morgan fingerprint density at radius 3 is 2.71 bits per heavy atom. The van der Waals surface area contributed by atoms with E-state index in [1.807, 2.05) is 13.8 Å². The molecule has 96 valence electrons. The van der Waals surface area contributed by atoms with Crippen LogP contribution in [0.15, 0.2) is 0 Å². The molecule has 0 saturated carbocycles. The smallest absolute Gasteiger partial charge is 0.320 e. The van der Waals surface area contributed by atoms with Gasteiger partial charge in [-0.05, 0) is 20.3 Å². The number of hydrogen-bond donors (Lipinski definition) is 2. The summed E-state index contributed by atoms with van der Waals surface area (Å²) in [5.74, 6) is -0.766. The lowest BCUT2D eigenvalue weighted by molar-refractivity contribution is -0.139. The van der Waals surface area contributed by atoms with Crippen LogP contribution in [0.5, 0.6) is 0 Å². The van der Waals surface area contributed by atoms with Crippen LogP contribution >= 0.6 is 11.3 Å². The van der Waals surface area contributed by atoms with Gasteiger partial charge < -0.3 is 5.11 Å². The number of rotatable bonds is 7. The van der Waals surface area contributed by atoms with Gasteiger partial charge in [0.25, 0.3) is 0 Å². The molecule has 0 radical (unpaired) electrons. The third-order valence-corrected chi connectivity index (χ3v) is 3.73. The monoisotopic (exact) mass is 256 g/mol. The highest BCUT2D eigenvalue weighted by molar-refractivity contribution is 7.11. The molecule has 0 aromatic carbocycles. The van der Waals surface area contributed by atoms with Crippen molar-refractivity contribution in [2.45, 2.75) is 52.6 Å². The average Bonchev–Trinajstić information content (AvgIpc) is 2.57.